The van der Waals surface area contributed by atoms with Gasteiger partial charge in [-0.15, -0.1) is 0 Å². The number of benzene rings is 4. The number of aliphatic hydroxyl groups is 1. The van der Waals surface area contributed by atoms with Crippen LogP contribution in [-0.4, -0.2) is 41.3 Å². The Balaban J connectivity index is 1.06. The van der Waals surface area contributed by atoms with E-state index in [1.165, 1.54) is 19.3 Å². The van der Waals surface area contributed by atoms with Crippen LogP contribution in [0.5, 0.6) is 0 Å². The van der Waals surface area contributed by atoms with Gasteiger partial charge < -0.3 is 25.2 Å². The van der Waals surface area contributed by atoms with E-state index in [0.717, 1.165) is 58.5 Å². The minimum atomic E-state index is -0.511. The molecule has 1 saturated carbocycles. The topological polar surface area (TPSA) is 83.1 Å². The molecule has 2 saturated heterocycles. The van der Waals surface area contributed by atoms with E-state index in [4.69, 9.17) is 9.47 Å². The molecule has 2 unspecified atom stereocenters. The van der Waals surface area contributed by atoms with Crippen LogP contribution in [0.25, 0.3) is 11.1 Å². The van der Waals surface area contributed by atoms with Crippen LogP contribution in [0.15, 0.2) is 103 Å². The molecule has 4 aromatic rings. The Bertz CT molecular complexity index is 1760. The van der Waals surface area contributed by atoms with Crippen LogP contribution in [0, 0.1) is 10.8 Å². The average molecular weight is 674 g/mol. The van der Waals surface area contributed by atoms with Gasteiger partial charge in [0, 0.05) is 44.2 Å². The molecule has 2 amide bonds. The lowest BCUT2D eigenvalue weighted by Crippen LogP contribution is -2.42. The summed E-state index contributed by atoms with van der Waals surface area (Å²) in [4.78, 5) is 15.2. The van der Waals surface area contributed by atoms with Crippen LogP contribution in [-0.2, 0) is 29.2 Å². The van der Waals surface area contributed by atoms with Crippen molar-refractivity contribution in [1.82, 2.24) is 15.5 Å². The van der Waals surface area contributed by atoms with E-state index < -0.39 is 6.29 Å². The number of carbonyl (C=O) groups excluding carboxylic acids is 1. The first kappa shape index (κ1) is 34.4. The fourth-order valence-electron chi connectivity index (χ4n) is 8.83. The lowest BCUT2D eigenvalue weighted by molar-refractivity contribution is -0.253. The van der Waals surface area contributed by atoms with Gasteiger partial charge in [-0.3, -0.25) is 4.90 Å². The molecule has 4 aromatic carbocycles. The minimum absolute atomic E-state index is 0.0217. The molecule has 0 spiro atoms. The molecule has 3 fully saturated rings. The van der Waals surface area contributed by atoms with Crippen molar-refractivity contribution in [2.45, 2.75) is 90.7 Å². The van der Waals surface area contributed by atoms with E-state index in [2.05, 4.69) is 84.8 Å². The summed E-state index contributed by atoms with van der Waals surface area (Å²) in [5.74, 6) is 0. The van der Waals surface area contributed by atoms with E-state index in [1.54, 1.807) is 0 Å². The third kappa shape index (κ3) is 8.30. The Labute approximate surface area is 297 Å². The van der Waals surface area contributed by atoms with Crippen LogP contribution < -0.4 is 10.6 Å². The molecule has 2 aliphatic heterocycles. The van der Waals surface area contributed by atoms with Crippen LogP contribution in [0.3, 0.4) is 0 Å². The van der Waals surface area contributed by atoms with Crippen LogP contribution in [0.1, 0.15) is 86.7 Å². The summed E-state index contributed by atoms with van der Waals surface area (Å²) in [7, 11) is 0. The van der Waals surface area contributed by atoms with Gasteiger partial charge in [0.25, 0.3) is 0 Å². The normalized spacial score (nSPS) is 26.0. The monoisotopic (exact) mass is 673 g/mol. The van der Waals surface area contributed by atoms with Crippen molar-refractivity contribution in [3.8, 4) is 11.1 Å². The summed E-state index contributed by atoms with van der Waals surface area (Å²) in [6, 6.07) is 35.2. The van der Waals surface area contributed by atoms with E-state index in [-0.39, 0.29) is 24.8 Å². The second-order valence-electron chi connectivity index (χ2n) is 15.8. The maximum atomic E-state index is 12.5. The number of amides is 2. The summed E-state index contributed by atoms with van der Waals surface area (Å²) in [5, 5.41) is 15.6. The van der Waals surface area contributed by atoms with Crippen molar-refractivity contribution in [2.75, 3.05) is 13.1 Å². The molecule has 3 aliphatic rings. The first-order valence-corrected chi connectivity index (χ1v) is 18.1. The standard InChI is InChI=1S/C43H51N3O4/c1-42(2)22-37-23-43(3,28-42)29-46(37)26-38-21-39(33-17-15-31(27-47)16-18-33)50-40(49-38)36-14-8-13-35(20-36)34-12-7-11-32(19-34)25-45-41(48)44-24-30-9-5-4-6-10-30/h4-20,37-40,47H,21-29H2,1-3H3,(H2,44,45,48)/t37?,38-,39+,40+,43?/m1/s1. The Hall–Kier alpha value is -4.01. The highest BCUT2D eigenvalue weighted by atomic mass is 16.7. The predicted octanol–water partition coefficient (Wildman–Crippen LogP) is 8.29. The zero-order valence-corrected chi connectivity index (χ0v) is 29.6. The summed E-state index contributed by atoms with van der Waals surface area (Å²) < 4.78 is 13.6. The highest BCUT2D eigenvalue weighted by molar-refractivity contribution is 5.74. The number of nitrogens with one attached hydrogen (secondary N) is 2. The molecule has 0 radical (unpaired) electrons. The molecule has 262 valence electrons. The molecule has 7 rings (SSSR count). The minimum Gasteiger partial charge on any atom is -0.392 e. The first-order chi connectivity index (χ1) is 24.1. The number of hydrogen-bond donors (Lipinski definition) is 3. The molecule has 2 heterocycles. The SMILES string of the molecule is CC1(C)CC2CC(C)(CN2C[C@H]2C[C@@H](c3ccc(CO)cc3)O[C@@H](c3cccc(-c4cccc(CNC(=O)NCc5ccccc5)c4)c3)O2)C1. The lowest BCUT2D eigenvalue weighted by atomic mass is 9.65. The number of aliphatic hydroxyl groups excluding tert-OH is 1. The summed E-state index contributed by atoms with van der Waals surface area (Å²) >= 11 is 0. The Morgan fingerprint density at radius 3 is 2.24 bits per heavy atom. The van der Waals surface area contributed by atoms with Crippen molar-refractivity contribution in [3.05, 3.63) is 131 Å². The molecule has 1 aliphatic carbocycles. The number of rotatable bonds is 10. The van der Waals surface area contributed by atoms with Crippen molar-refractivity contribution < 1.29 is 19.4 Å². The van der Waals surface area contributed by atoms with Gasteiger partial charge >= 0.3 is 6.03 Å². The van der Waals surface area contributed by atoms with Gasteiger partial charge in [0.15, 0.2) is 6.29 Å². The maximum absolute atomic E-state index is 12.5. The van der Waals surface area contributed by atoms with Crippen LogP contribution in [0.2, 0.25) is 0 Å². The number of urea groups is 1. The molecule has 7 nitrogen and oxygen atoms in total. The summed E-state index contributed by atoms with van der Waals surface area (Å²) in [6.07, 6.45) is 3.95. The lowest BCUT2D eigenvalue weighted by Gasteiger charge is -2.41. The van der Waals surface area contributed by atoms with Crippen LogP contribution in [0.4, 0.5) is 4.79 Å². The Morgan fingerprint density at radius 2 is 1.48 bits per heavy atom. The van der Waals surface area contributed by atoms with Gasteiger partial charge in [-0.1, -0.05) is 112 Å². The molecule has 0 aromatic heterocycles. The van der Waals surface area contributed by atoms with Crippen molar-refractivity contribution in [1.29, 1.82) is 0 Å². The van der Waals surface area contributed by atoms with Crippen molar-refractivity contribution >= 4 is 6.03 Å². The fourth-order valence-corrected chi connectivity index (χ4v) is 8.83. The van der Waals surface area contributed by atoms with Gasteiger partial charge in [0.05, 0.1) is 18.8 Å². The number of likely N-dealkylation sites (tertiary alicyclic amines) is 1. The third-order valence-corrected chi connectivity index (χ3v) is 10.7. The molecular weight excluding hydrogens is 622 g/mol. The van der Waals surface area contributed by atoms with Gasteiger partial charge in [-0.2, -0.15) is 0 Å². The molecular formula is C43H51N3O4. The number of hydrogen-bond acceptors (Lipinski definition) is 5. The van der Waals surface area contributed by atoms with E-state index in [1.807, 2.05) is 54.6 Å². The summed E-state index contributed by atoms with van der Waals surface area (Å²) in [5.41, 5.74) is 7.94. The van der Waals surface area contributed by atoms with E-state index in [9.17, 15) is 9.90 Å². The van der Waals surface area contributed by atoms with E-state index >= 15 is 0 Å². The Kier molecular flexibility index (Phi) is 10.1. The predicted molar refractivity (Wildman–Crippen MR) is 197 cm³/mol. The zero-order chi connectivity index (χ0) is 34.7. The van der Waals surface area contributed by atoms with Crippen molar-refractivity contribution in [2.24, 2.45) is 10.8 Å². The highest BCUT2D eigenvalue weighted by Gasteiger charge is 2.50. The Morgan fingerprint density at radius 1 is 0.780 bits per heavy atom. The van der Waals surface area contributed by atoms with Gasteiger partial charge in [-0.05, 0) is 75.6 Å². The number of ether oxygens (including phenoxy) is 2. The van der Waals surface area contributed by atoms with Gasteiger partial charge in [0.2, 0.25) is 0 Å². The third-order valence-electron chi connectivity index (χ3n) is 10.7. The maximum Gasteiger partial charge on any atom is 0.315 e. The van der Waals surface area contributed by atoms with E-state index in [0.29, 0.717) is 30.0 Å². The number of fused-ring (bicyclic) bond motifs is 2. The molecule has 7 heteroatoms. The summed E-state index contributed by atoms with van der Waals surface area (Å²) in [6.45, 7) is 10.3. The molecule has 2 bridgehead atoms. The largest absolute Gasteiger partial charge is 0.392 e. The highest BCUT2D eigenvalue weighted by Crippen LogP contribution is 2.53. The van der Waals surface area contributed by atoms with Gasteiger partial charge in [0.1, 0.15) is 0 Å². The molecule has 50 heavy (non-hydrogen) atoms. The molecule has 3 N–H and O–H groups in total. The average Bonchev–Trinajstić information content (AvgIpc) is 3.37. The van der Waals surface area contributed by atoms with Crippen molar-refractivity contribution in [3.63, 3.8) is 0 Å². The van der Waals surface area contributed by atoms with Gasteiger partial charge in [-0.25, -0.2) is 4.79 Å². The second kappa shape index (κ2) is 14.7. The van der Waals surface area contributed by atoms with Crippen LogP contribution >= 0.6 is 0 Å². The second-order valence-corrected chi connectivity index (χ2v) is 15.8. The number of carbonyl (C=O) groups is 1. The fraction of sp³-hybridized carbons (Fsp3) is 0.419. The number of nitrogens with zero attached hydrogens (tertiary/aromatic N) is 1. The zero-order valence-electron chi connectivity index (χ0n) is 29.6. The molecule has 5 atom stereocenters. The quantitative estimate of drug-likeness (QED) is 0.158. The first-order valence-electron chi connectivity index (χ1n) is 18.1. The smallest absolute Gasteiger partial charge is 0.315 e.